The van der Waals surface area contributed by atoms with E-state index >= 15 is 0 Å². The fourth-order valence-electron chi connectivity index (χ4n) is 4.44. The number of nitrogens with one attached hydrogen (secondary N) is 1. The smallest absolute Gasteiger partial charge is 0.233 e. The summed E-state index contributed by atoms with van der Waals surface area (Å²) in [7, 11) is 2.00. The fourth-order valence-corrected chi connectivity index (χ4v) is 4.44. The van der Waals surface area contributed by atoms with Crippen LogP contribution >= 0.6 is 0 Å². The Kier molecular flexibility index (Phi) is 3.27. The molecule has 5 unspecified atom stereocenters. The van der Waals surface area contributed by atoms with Crippen LogP contribution < -0.4 is 5.32 Å². The maximum absolute atomic E-state index is 5.58. The van der Waals surface area contributed by atoms with Gasteiger partial charge in [0.2, 0.25) is 5.89 Å². The first kappa shape index (κ1) is 12.8. The molecule has 4 rings (SSSR count). The van der Waals surface area contributed by atoms with E-state index in [4.69, 9.17) is 14.2 Å². The van der Waals surface area contributed by atoms with Gasteiger partial charge >= 0.3 is 0 Å². The van der Waals surface area contributed by atoms with E-state index in [1.54, 1.807) is 0 Å². The standard InChI is InChI=1S/C15H23N3O2/c1-16-13-4-5-19-8-12(13)15-17-14(18-20-15)11-7-9-2-3-10(11)6-9/h9-13,16H,2-8H2,1H3. The normalized spacial score (nSPS) is 40.4. The molecule has 0 amide bonds. The van der Waals surface area contributed by atoms with E-state index in [9.17, 15) is 0 Å². The van der Waals surface area contributed by atoms with Gasteiger partial charge < -0.3 is 14.6 Å². The summed E-state index contributed by atoms with van der Waals surface area (Å²) >= 11 is 0. The molecule has 0 spiro atoms. The Labute approximate surface area is 119 Å². The molecule has 1 N–H and O–H groups in total. The highest BCUT2D eigenvalue weighted by Crippen LogP contribution is 2.52. The lowest BCUT2D eigenvalue weighted by Crippen LogP contribution is -2.39. The summed E-state index contributed by atoms with van der Waals surface area (Å²) in [5.74, 6) is 4.18. The minimum absolute atomic E-state index is 0.202. The number of aromatic nitrogens is 2. The number of hydrogen-bond donors (Lipinski definition) is 1. The maximum atomic E-state index is 5.58. The Morgan fingerprint density at radius 2 is 2.10 bits per heavy atom. The molecule has 2 aliphatic carbocycles. The van der Waals surface area contributed by atoms with Crippen LogP contribution in [0, 0.1) is 11.8 Å². The number of fused-ring (bicyclic) bond motifs is 2. The van der Waals surface area contributed by atoms with Gasteiger partial charge in [-0.2, -0.15) is 4.98 Å². The van der Waals surface area contributed by atoms with Crippen LogP contribution in [0.3, 0.4) is 0 Å². The summed E-state index contributed by atoms with van der Waals surface area (Å²) in [5, 5.41) is 7.64. The molecule has 110 valence electrons. The highest BCUT2D eigenvalue weighted by atomic mass is 16.5. The van der Waals surface area contributed by atoms with Gasteiger partial charge in [-0.15, -0.1) is 0 Å². The van der Waals surface area contributed by atoms with Crippen LogP contribution in [0.1, 0.15) is 55.7 Å². The highest BCUT2D eigenvalue weighted by molar-refractivity contribution is 5.09. The van der Waals surface area contributed by atoms with Crippen LogP contribution in [0.2, 0.25) is 0 Å². The second kappa shape index (κ2) is 5.11. The lowest BCUT2D eigenvalue weighted by Gasteiger charge is -2.28. The van der Waals surface area contributed by atoms with Crippen molar-refractivity contribution < 1.29 is 9.26 Å². The Morgan fingerprint density at radius 3 is 2.85 bits per heavy atom. The molecule has 1 saturated heterocycles. The zero-order chi connectivity index (χ0) is 13.5. The topological polar surface area (TPSA) is 60.2 Å². The number of rotatable bonds is 3. The van der Waals surface area contributed by atoms with Crippen LogP contribution in [0.15, 0.2) is 4.52 Å². The van der Waals surface area contributed by atoms with Crippen LogP contribution in [0.5, 0.6) is 0 Å². The van der Waals surface area contributed by atoms with E-state index in [1.165, 1.54) is 25.7 Å². The van der Waals surface area contributed by atoms with E-state index in [-0.39, 0.29) is 5.92 Å². The molecular formula is C15H23N3O2. The molecule has 1 aliphatic heterocycles. The molecule has 0 aromatic carbocycles. The van der Waals surface area contributed by atoms with Gasteiger partial charge in [-0.25, -0.2) is 0 Å². The average Bonchev–Trinajstić information content (AvgIpc) is 3.22. The van der Waals surface area contributed by atoms with Crippen LogP contribution in [-0.2, 0) is 4.74 Å². The van der Waals surface area contributed by atoms with Gasteiger partial charge in [0, 0.05) is 18.6 Å². The summed E-state index contributed by atoms with van der Waals surface area (Å²) in [6.45, 7) is 1.50. The molecular weight excluding hydrogens is 254 g/mol. The summed E-state index contributed by atoms with van der Waals surface area (Å²) < 4.78 is 11.2. The van der Waals surface area contributed by atoms with Gasteiger partial charge in [-0.1, -0.05) is 11.6 Å². The molecule has 1 aromatic rings. The number of nitrogens with zero attached hydrogens (tertiary/aromatic N) is 2. The molecule has 0 radical (unpaired) electrons. The van der Waals surface area contributed by atoms with Crippen molar-refractivity contribution in [2.24, 2.45) is 11.8 Å². The zero-order valence-electron chi connectivity index (χ0n) is 12.0. The summed E-state index contributed by atoms with van der Waals surface area (Å²) in [6.07, 6.45) is 6.41. The minimum atomic E-state index is 0.202. The summed E-state index contributed by atoms with van der Waals surface area (Å²) in [5.41, 5.74) is 0. The van der Waals surface area contributed by atoms with Crippen molar-refractivity contribution in [1.82, 2.24) is 15.5 Å². The Hall–Kier alpha value is -0.940. The molecule has 20 heavy (non-hydrogen) atoms. The Balaban J connectivity index is 1.52. The SMILES string of the molecule is CNC1CCOCC1c1nc(C2CC3CCC2C3)no1. The first-order valence-corrected chi connectivity index (χ1v) is 7.93. The third kappa shape index (κ3) is 2.07. The van der Waals surface area contributed by atoms with Crippen LogP contribution in [-0.4, -0.2) is 36.4 Å². The predicted molar refractivity (Wildman–Crippen MR) is 73.5 cm³/mol. The van der Waals surface area contributed by atoms with Gasteiger partial charge in [0.25, 0.3) is 0 Å². The van der Waals surface area contributed by atoms with E-state index in [1.807, 2.05) is 7.05 Å². The van der Waals surface area contributed by atoms with E-state index in [0.29, 0.717) is 18.6 Å². The molecule has 5 atom stereocenters. The molecule has 1 aromatic heterocycles. The Morgan fingerprint density at radius 1 is 1.15 bits per heavy atom. The molecule has 5 heteroatoms. The highest BCUT2D eigenvalue weighted by Gasteiger charge is 2.43. The van der Waals surface area contributed by atoms with Crippen molar-refractivity contribution in [3.8, 4) is 0 Å². The van der Waals surface area contributed by atoms with E-state index in [2.05, 4.69) is 10.5 Å². The second-order valence-electron chi connectivity index (χ2n) is 6.64. The van der Waals surface area contributed by atoms with E-state index in [0.717, 1.165) is 36.6 Å². The zero-order valence-corrected chi connectivity index (χ0v) is 12.0. The first-order valence-electron chi connectivity index (χ1n) is 7.93. The molecule has 2 bridgehead atoms. The van der Waals surface area contributed by atoms with E-state index < -0.39 is 0 Å². The average molecular weight is 277 g/mol. The lowest BCUT2D eigenvalue weighted by atomic mass is 9.88. The predicted octanol–water partition coefficient (Wildman–Crippen LogP) is 2.07. The molecule has 3 aliphatic rings. The van der Waals surface area contributed by atoms with Gasteiger partial charge in [0.05, 0.1) is 12.5 Å². The first-order chi connectivity index (χ1) is 9.85. The van der Waals surface area contributed by atoms with Crippen molar-refractivity contribution in [3.05, 3.63) is 11.7 Å². The van der Waals surface area contributed by atoms with Gasteiger partial charge in [0.1, 0.15) is 0 Å². The van der Waals surface area contributed by atoms with Crippen molar-refractivity contribution in [1.29, 1.82) is 0 Å². The third-order valence-electron chi connectivity index (χ3n) is 5.57. The largest absolute Gasteiger partial charge is 0.381 e. The summed E-state index contributed by atoms with van der Waals surface area (Å²) in [4.78, 5) is 4.74. The van der Waals surface area contributed by atoms with Crippen molar-refractivity contribution in [2.75, 3.05) is 20.3 Å². The Bertz CT molecular complexity index is 475. The molecule has 3 fully saturated rings. The van der Waals surface area contributed by atoms with Gasteiger partial charge in [0.15, 0.2) is 5.82 Å². The second-order valence-corrected chi connectivity index (χ2v) is 6.64. The lowest BCUT2D eigenvalue weighted by molar-refractivity contribution is 0.0516. The molecule has 5 nitrogen and oxygen atoms in total. The molecule has 2 saturated carbocycles. The quantitative estimate of drug-likeness (QED) is 0.916. The third-order valence-corrected chi connectivity index (χ3v) is 5.57. The van der Waals surface area contributed by atoms with Crippen LogP contribution in [0.25, 0.3) is 0 Å². The van der Waals surface area contributed by atoms with Crippen molar-refractivity contribution in [2.45, 2.75) is 50.0 Å². The number of ether oxygens (including phenoxy) is 1. The van der Waals surface area contributed by atoms with Crippen molar-refractivity contribution in [3.63, 3.8) is 0 Å². The molecule has 2 heterocycles. The number of likely N-dealkylation sites (N-methyl/N-ethyl adjacent to an activating group) is 1. The van der Waals surface area contributed by atoms with Crippen LogP contribution in [0.4, 0.5) is 0 Å². The maximum Gasteiger partial charge on any atom is 0.233 e. The van der Waals surface area contributed by atoms with Gasteiger partial charge in [-0.05, 0) is 44.6 Å². The fraction of sp³-hybridized carbons (Fsp3) is 0.867. The minimum Gasteiger partial charge on any atom is -0.381 e. The monoisotopic (exact) mass is 277 g/mol. The summed E-state index contributed by atoms with van der Waals surface area (Å²) in [6, 6.07) is 0.386. The number of hydrogen-bond acceptors (Lipinski definition) is 5. The van der Waals surface area contributed by atoms with Crippen molar-refractivity contribution >= 4 is 0 Å². The van der Waals surface area contributed by atoms with Gasteiger partial charge in [-0.3, -0.25) is 0 Å².